The lowest BCUT2D eigenvalue weighted by Crippen LogP contribution is -2.23. The van der Waals surface area contributed by atoms with Gasteiger partial charge in [0.1, 0.15) is 17.3 Å². The monoisotopic (exact) mass is 398 g/mol. The van der Waals surface area contributed by atoms with E-state index < -0.39 is 11.8 Å². The quantitative estimate of drug-likeness (QED) is 0.333. The highest BCUT2D eigenvalue weighted by atomic mass is 19.1. The van der Waals surface area contributed by atoms with Gasteiger partial charge in [-0.25, -0.2) is 9.18 Å². The fourth-order valence-corrected chi connectivity index (χ4v) is 3.19. The molecule has 0 fully saturated rings. The summed E-state index contributed by atoms with van der Waals surface area (Å²) in [7, 11) is 1.62. The van der Waals surface area contributed by atoms with Crippen molar-refractivity contribution in [2.24, 2.45) is 0 Å². The molecule has 156 valence electrons. The molecular weight excluding hydrogens is 367 g/mol. The topological polar surface area (TPSA) is 35.5 Å². The Morgan fingerprint density at radius 2 is 1.62 bits per heavy atom. The SMILES string of the molecule is C=CCc1c(F)cccc1C(=O)Oc1c(C(C)(C)C)cc(OC)cc1C(C)(C)C. The van der Waals surface area contributed by atoms with E-state index in [2.05, 4.69) is 48.1 Å². The molecule has 0 amide bonds. The number of methoxy groups -OCH3 is 1. The first-order valence-electron chi connectivity index (χ1n) is 9.73. The summed E-state index contributed by atoms with van der Waals surface area (Å²) in [5.74, 6) is 0.186. The van der Waals surface area contributed by atoms with E-state index in [0.29, 0.717) is 11.5 Å². The minimum Gasteiger partial charge on any atom is -0.497 e. The number of allylic oxidation sites excluding steroid dienone is 1. The van der Waals surface area contributed by atoms with Crippen LogP contribution in [-0.2, 0) is 17.3 Å². The molecule has 0 atom stereocenters. The van der Waals surface area contributed by atoms with Crippen LogP contribution in [0.1, 0.15) is 68.6 Å². The Balaban J connectivity index is 2.67. The molecule has 0 aromatic heterocycles. The first kappa shape index (κ1) is 22.7. The molecule has 0 saturated carbocycles. The van der Waals surface area contributed by atoms with Crippen LogP contribution >= 0.6 is 0 Å². The average molecular weight is 399 g/mol. The first-order chi connectivity index (χ1) is 13.4. The zero-order chi connectivity index (χ0) is 22.0. The van der Waals surface area contributed by atoms with Gasteiger partial charge in [0.15, 0.2) is 0 Å². The lowest BCUT2D eigenvalue weighted by molar-refractivity contribution is 0.0727. The Hall–Kier alpha value is -2.62. The Morgan fingerprint density at radius 3 is 2.07 bits per heavy atom. The molecule has 0 unspecified atom stereocenters. The van der Waals surface area contributed by atoms with E-state index in [-0.39, 0.29) is 28.4 Å². The lowest BCUT2D eigenvalue weighted by atomic mass is 9.79. The molecule has 0 aliphatic carbocycles. The van der Waals surface area contributed by atoms with Crippen molar-refractivity contribution in [2.75, 3.05) is 7.11 Å². The number of ether oxygens (including phenoxy) is 2. The standard InChI is InChI=1S/C25H31FO3/c1-9-11-17-18(12-10-13-21(17)26)23(27)29-22-19(24(2,3)4)14-16(28-8)15-20(22)25(5,6)7/h9-10,12-15H,1,11H2,2-8H3. The number of esters is 1. The molecule has 29 heavy (non-hydrogen) atoms. The van der Waals surface area contributed by atoms with Crippen LogP contribution in [0.3, 0.4) is 0 Å². The zero-order valence-electron chi connectivity index (χ0n) is 18.5. The van der Waals surface area contributed by atoms with Gasteiger partial charge in [0, 0.05) is 16.7 Å². The molecular formula is C25H31FO3. The minimum absolute atomic E-state index is 0.209. The van der Waals surface area contributed by atoms with Gasteiger partial charge in [0.2, 0.25) is 0 Å². The second kappa shape index (κ2) is 8.40. The predicted molar refractivity (Wildman–Crippen MR) is 116 cm³/mol. The number of rotatable bonds is 5. The van der Waals surface area contributed by atoms with E-state index in [9.17, 15) is 9.18 Å². The smallest absolute Gasteiger partial charge is 0.343 e. The Morgan fingerprint density at radius 1 is 1.07 bits per heavy atom. The van der Waals surface area contributed by atoms with Crippen LogP contribution in [0, 0.1) is 5.82 Å². The summed E-state index contributed by atoms with van der Waals surface area (Å²) in [6.45, 7) is 16.0. The number of carbonyl (C=O) groups excluding carboxylic acids is 1. The molecule has 4 heteroatoms. The van der Waals surface area contributed by atoms with Crippen molar-refractivity contribution in [2.45, 2.75) is 58.8 Å². The largest absolute Gasteiger partial charge is 0.497 e. The maximum absolute atomic E-state index is 14.3. The Kier molecular flexibility index (Phi) is 6.56. The van der Waals surface area contributed by atoms with Crippen molar-refractivity contribution >= 4 is 5.97 Å². The molecule has 0 bridgehead atoms. The Bertz CT molecular complexity index is 880. The second-order valence-corrected chi connectivity index (χ2v) is 9.20. The molecule has 3 nitrogen and oxygen atoms in total. The van der Waals surface area contributed by atoms with Crippen LogP contribution in [0.2, 0.25) is 0 Å². The van der Waals surface area contributed by atoms with Gasteiger partial charge in [-0.1, -0.05) is 53.7 Å². The lowest BCUT2D eigenvalue weighted by Gasteiger charge is -2.30. The van der Waals surface area contributed by atoms with Gasteiger partial charge in [0.25, 0.3) is 0 Å². The summed E-state index contributed by atoms with van der Waals surface area (Å²) in [6.07, 6.45) is 1.82. The van der Waals surface area contributed by atoms with Crippen molar-refractivity contribution in [3.05, 3.63) is 71.1 Å². The van der Waals surface area contributed by atoms with E-state index in [1.165, 1.54) is 12.1 Å². The average Bonchev–Trinajstić information content (AvgIpc) is 2.61. The number of hydrogen-bond donors (Lipinski definition) is 0. The maximum atomic E-state index is 14.3. The summed E-state index contributed by atoms with van der Waals surface area (Å²) in [4.78, 5) is 13.1. The number of carbonyl (C=O) groups is 1. The maximum Gasteiger partial charge on any atom is 0.343 e. The van der Waals surface area contributed by atoms with Crippen LogP contribution in [0.5, 0.6) is 11.5 Å². The minimum atomic E-state index is -0.581. The summed E-state index contributed by atoms with van der Waals surface area (Å²) < 4.78 is 25.8. The molecule has 0 heterocycles. The molecule has 0 aliphatic rings. The molecule has 2 rings (SSSR count). The number of halogens is 1. The van der Waals surface area contributed by atoms with Crippen LogP contribution in [0.25, 0.3) is 0 Å². The molecule has 0 saturated heterocycles. The number of hydrogen-bond acceptors (Lipinski definition) is 3. The third-order valence-electron chi connectivity index (χ3n) is 4.80. The van der Waals surface area contributed by atoms with Gasteiger partial charge in [0.05, 0.1) is 12.7 Å². The van der Waals surface area contributed by atoms with Crippen molar-refractivity contribution in [3.63, 3.8) is 0 Å². The van der Waals surface area contributed by atoms with Gasteiger partial charge in [-0.15, -0.1) is 6.58 Å². The summed E-state index contributed by atoms with van der Waals surface area (Å²) >= 11 is 0. The molecule has 0 N–H and O–H groups in total. The van der Waals surface area contributed by atoms with Gasteiger partial charge < -0.3 is 9.47 Å². The van der Waals surface area contributed by atoms with E-state index in [1.54, 1.807) is 19.3 Å². The van der Waals surface area contributed by atoms with Crippen LogP contribution < -0.4 is 9.47 Å². The molecule has 2 aromatic rings. The predicted octanol–water partition coefficient (Wildman–Crippen LogP) is 6.38. The number of benzene rings is 2. The second-order valence-electron chi connectivity index (χ2n) is 9.20. The van der Waals surface area contributed by atoms with Crippen LogP contribution in [0.15, 0.2) is 43.0 Å². The van der Waals surface area contributed by atoms with Crippen LogP contribution in [-0.4, -0.2) is 13.1 Å². The van der Waals surface area contributed by atoms with Crippen LogP contribution in [0.4, 0.5) is 4.39 Å². The molecule has 0 aliphatic heterocycles. The van der Waals surface area contributed by atoms with E-state index in [0.717, 1.165) is 11.1 Å². The summed E-state index contributed by atoms with van der Waals surface area (Å²) in [6, 6.07) is 8.23. The highest BCUT2D eigenvalue weighted by molar-refractivity contribution is 5.93. The zero-order valence-corrected chi connectivity index (χ0v) is 18.5. The highest BCUT2D eigenvalue weighted by Gasteiger charge is 2.30. The van der Waals surface area contributed by atoms with E-state index in [1.807, 2.05) is 12.1 Å². The van der Waals surface area contributed by atoms with E-state index in [4.69, 9.17) is 9.47 Å². The highest BCUT2D eigenvalue weighted by Crippen LogP contribution is 2.43. The van der Waals surface area contributed by atoms with Gasteiger partial charge in [-0.2, -0.15) is 0 Å². The molecule has 2 aromatic carbocycles. The Labute approximate surface area is 173 Å². The third kappa shape index (κ3) is 5.06. The van der Waals surface area contributed by atoms with Gasteiger partial charge in [-0.3, -0.25) is 0 Å². The fourth-order valence-electron chi connectivity index (χ4n) is 3.19. The van der Waals surface area contributed by atoms with Gasteiger partial charge in [-0.05, 0) is 41.5 Å². The first-order valence-corrected chi connectivity index (χ1v) is 9.73. The summed E-state index contributed by atoms with van der Waals surface area (Å²) in [5, 5.41) is 0. The van der Waals surface area contributed by atoms with Crippen molar-refractivity contribution in [1.82, 2.24) is 0 Å². The van der Waals surface area contributed by atoms with Crippen molar-refractivity contribution in [3.8, 4) is 11.5 Å². The van der Waals surface area contributed by atoms with Crippen molar-refractivity contribution < 1.29 is 18.7 Å². The summed E-state index contributed by atoms with van der Waals surface area (Å²) in [5.41, 5.74) is 1.62. The normalized spacial score (nSPS) is 11.9. The fraction of sp³-hybridized carbons (Fsp3) is 0.400. The van der Waals surface area contributed by atoms with E-state index >= 15 is 0 Å². The molecule has 0 radical (unpaired) electrons. The van der Waals surface area contributed by atoms with Gasteiger partial charge >= 0.3 is 5.97 Å². The van der Waals surface area contributed by atoms with Crippen molar-refractivity contribution in [1.29, 1.82) is 0 Å². The molecule has 0 spiro atoms. The third-order valence-corrected chi connectivity index (χ3v) is 4.80.